The predicted octanol–water partition coefficient (Wildman–Crippen LogP) is 5.99. The number of ether oxygens (including phenoxy) is 2. The van der Waals surface area contributed by atoms with Gasteiger partial charge in [-0.3, -0.25) is 4.79 Å². The third-order valence-corrected chi connectivity index (χ3v) is 4.92. The van der Waals surface area contributed by atoms with Crippen molar-refractivity contribution >= 4 is 24.1 Å². The quantitative estimate of drug-likeness (QED) is 0.326. The standard InChI is InChI=1S/C28H26O5/c1-20-9-8-13-24(28(20)32-19-22-10-4-3-5-11-22)15-17-26(33-21(2)29)25-14-7-6-12-23(25)16-18-27(30)31/h3-18,26H,19H2,1-2H3,(H,30,31)/b17-15+,18-16+. The topological polar surface area (TPSA) is 72.8 Å². The van der Waals surface area contributed by atoms with Gasteiger partial charge in [0, 0.05) is 24.1 Å². The number of aryl methyl sites for hydroxylation is 1. The first-order chi connectivity index (χ1) is 15.9. The molecule has 1 atom stereocenters. The van der Waals surface area contributed by atoms with E-state index < -0.39 is 18.0 Å². The van der Waals surface area contributed by atoms with Crippen molar-refractivity contribution in [3.63, 3.8) is 0 Å². The number of carbonyl (C=O) groups is 2. The van der Waals surface area contributed by atoms with Gasteiger partial charge in [-0.25, -0.2) is 4.79 Å². The van der Waals surface area contributed by atoms with Gasteiger partial charge in [0.2, 0.25) is 0 Å². The normalized spacial score (nSPS) is 12.1. The fraction of sp³-hybridized carbons (Fsp3) is 0.143. The van der Waals surface area contributed by atoms with E-state index in [1.165, 1.54) is 13.0 Å². The van der Waals surface area contributed by atoms with E-state index in [-0.39, 0.29) is 0 Å². The zero-order valence-corrected chi connectivity index (χ0v) is 18.6. The molecular formula is C28H26O5. The molecule has 168 valence electrons. The molecule has 0 heterocycles. The number of hydrogen-bond donors (Lipinski definition) is 1. The van der Waals surface area contributed by atoms with Crippen molar-refractivity contribution in [2.75, 3.05) is 0 Å². The highest BCUT2D eigenvalue weighted by atomic mass is 16.5. The highest BCUT2D eigenvalue weighted by Gasteiger charge is 2.15. The maximum atomic E-state index is 11.8. The van der Waals surface area contributed by atoms with E-state index >= 15 is 0 Å². The van der Waals surface area contributed by atoms with Crippen LogP contribution in [0.2, 0.25) is 0 Å². The van der Waals surface area contributed by atoms with Crippen LogP contribution >= 0.6 is 0 Å². The number of hydrogen-bond acceptors (Lipinski definition) is 4. The number of aliphatic carboxylic acids is 1. The van der Waals surface area contributed by atoms with E-state index in [1.54, 1.807) is 18.2 Å². The number of carbonyl (C=O) groups excluding carboxylic acids is 1. The van der Waals surface area contributed by atoms with Gasteiger partial charge in [0.05, 0.1) is 0 Å². The molecule has 0 saturated heterocycles. The molecule has 33 heavy (non-hydrogen) atoms. The average molecular weight is 443 g/mol. The number of para-hydroxylation sites is 1. The monoisotopic (exact) mass is 442 g/mol. The zero-order valence-electron chi connectivity index (χ0n) is 18.6. The fourth-order valence-corrected chi connectivity index (χ4v) is 3.39. The Bertz CT molecular complexity index is 1160. The zero-order chi connectivity index (χ0) is 23.6. The summed E-state index contributed by atoms with van der Waals surface area (Å²) in [5.74, 6) is -0.742. The molecule has 3 aromatic rings. The molecular weight excluding hydrogens is 416 g/mol. The van der Waals surface area contributed by atoms with E-state index in [9.17, 15) is 9.59 Å². The molecule has 1 N–H and O–H groups in total. The third-order valence-electron chi connectivity index (χ3n) is 4.92. The van der Waals surface area contributed by atoms with Crippen molar-refractivity contribution in [2.24, 2.45) is 0 Å². The van der Waals surface area contributed by atoms with Gasteiger partial charge in [-0.15, -0.1) is 0 Å². The van der Waals surface area contributed by atoms with Gasteiger partial charge in [-0.05, 0) is 35.8 Å². The van der Waals surface area contributed by atoms with Crippen LogP contribution in [0.4, 0.5) is 0 Å². The minimum absolute atomic E-state index is 0.433. The van der Waals surface area contributed by atoms with Crippen molar-refractivity contribution < 1.29 is 24.2 Å². The summed E-state index contributed by atoms with van der Waals surface area (Å²) in [6.45, 7) is 3.76. The Morgan fingerprint density at radius 2 is 1.61 bits per heavy atom. The van der Waals surface area contributed by atoms with E-state index in [1.807, 2.05) is 73.7 Å². The lowest BCUT2D eigenvalue weighted by Gasteiger charge is -2.17. The second-order valence-electron chi connectivity index (χ2n) is 7.46. The molecule has 0 radical (unpaired) electrons. The maximum absolute atomic E-state index is 11.8. The highest BCUT2D eigenvalue weighted by Crippen LogP contribution is 2.29. The summed E-state index contributed by atoms with van der Waals surface area (Å²) in [5.41, 5.74) is 4.23. The summed E-state index contributed by atoms with van der Waals surface area (Å²) in [6.07, 6.45) is 5.49. The maximum Gasteiger partial charge on any atom is 0.328 e. The number of carboxylic acids is 1. The first-order valence-electron chi connectivity index (χ1n) is 10.6. The Morgan fingerprint density at radius 1 is 0.909 bits per heavy atom. The molecule has 3 rings (SSSR count). The lowest BCUT2D eigenvalue weighted by molar-refractivity contribution is -0.144. The van der Waals surface area contributed by atoms with E-state index in [0.717, 1.165) is 28.5 Å². The fourth-order valence-electron chi connectivity index (χ4n) is 3.39. The summed E-state index contributed by atoms with van der Waals surface area (Å²) >= 11 is 0. The van der Waals surface area contributed by atoms with Crippen LogP contribution in [0.25, 0.3) is 12.2 Å². The Morgan fingerprint density at radius 3 is 2.33 bits per heavy atom. The summed E-state index contributed by atoms with van der Waals surface area (Å²) in [5, 5.41) is 8.99. The number of carboxylic acid groups (broad SMARTS) is 1. The Labute approximate surface area is 193 Å². The predicted molar refractivity (Wildman–Crippen MR) is 129 cm³/mol. The van der Waals surface area contributed by atoms with Gasteiger partial charge in [-0.1, -0.05) is 78.9 Å². The molecule has 0 spiro atoms. The molecule has 0 amide bonds. The lowest BCUT2D eigenvalue weighted by Crippen LogP contribution is -2.08. The lowest BCUT2D eigenvalue weighted by atomic mass is 10.00. The second kappa shape index (κ2) is 11.5. The molecule has 5 nitrogen and oxygen atoms in total. The van der Waals surface area contributed by atoms with Crippen molar-refractivity contribution in [2.45, 2.75) is 26.6 Å². The largest absolute Gasteiger partial charge is 0.488 e. The van der Waals surface area contributed by atoms with Crippen LogP contribution < -0.4 is 4.74 Å². The Hall–Kier alpha value is -4.12. The smallest absolute Gasteiger partial charge is 0.328 e. The summed E-state index contributed by atoms with van der Waals surface area (Å²) in [7, 11) is 0. The first-order valence-corrected chi connectivity index (χ1v) is 10.6. The summed E-state index contributed by atoms with van der Waals surface area (Å²) in [6, 6.07) is 23.0. The molecule has 5 heteroatoms. The molecule has 3 aromatic carbocycles. The molecule has 0 fully saturated rings. The molecule has 0 aliphatic carbocycles. The number of rotatable bonds is 9. The average Bonchev–Trinajstić information content (AvgIpc) is 2.80. The van der Waals surface area contributed by atoms with Gasteiger partial charge in [0.15, 0.2) is 0 Å². The third kappa shape index (κ3) is 6.94. The van der Waals surface area contributed by atoms with Crippen molar-refractivity contribution in [3.05, 3.63) is 113 Å². The Kier molecular flexibility index (Phi) is 8.19. The Balaban J connectivity index is 1.92. The van der Waals surface area contributed by atoms with Crippen LogP contribution in [0.3, 0.4) is 0 Å². The van der Waals surface area contributed by atoms with Crippen LogP contribution in [-0.4, -0.2) is 17.0 Å². The van der Waals surface area contributed by atoms with Crippen LogP contribution in [0, 0.1) is 6.92 Å². The van der Waals surface area contributed by atoms with Gasteiger partial charge < -0.3 is 14.6 Å². The van der Waals surface area contributed by atoms with E-state index in [2.05, 4.69) is 0 Å². The van der Waals surface area contributed by atoms with Crippen LogP contribution in [0.1, 0.15) is 40.8 Å². The second-order valence-corrected chi connectivity index (χ2v) is 7.46. The van der Waals surface area contributed by atoms with Gasteiger partial charge in [-0.2, -0.15) is 0 Å². The molecule has 0 aromatic heterocycles. The van der Waals surface area contributed by atoms with E-state index in [4.69, 9.17) is 14.6 Å². The molecule has 0 aliphatic rings. The van der Waals surface area contributed by atoms with Crippen molar-refractivity contribution in [3.8, 4) is 5.75 Å². The number of benzene rings is 3. The minimum atomic E-state index is -1.05. The number of esters is 1. The molecule has 0 aliphatic heterocycles. The van der Waals surface area contributed by atoms with Crippen LogP contribution in [0.15, 0.2) is 84.9 Å². The molecule has 0 saturated carbocycles. The molecule has 1 unspecified atom stereocenters. The van der Waals surface area contributed by atoms with Gasteiger partial charge in [0.1, 0.15) is 18.5 Å². The van der Waals surface area contributed by atoms with Crippen molar-refractivity contribution in [1.82, 2.24) is 0 Å². The van der Waals surface area contributed by atoms with Crippen LogP contribution in [0.5, 0.6) is 5.75 Å². The van der Waals surface area contributed by atoms with Crippen molar-refractivity contribution in [1.29, 1.82) is 0 Å². The molecule has 0 bridgehead atoms. The SMILES string of the molecule is CC(=O)OC(/C=C/c1cccc(C)c1OCc1ccccc1)c1ccccc1/C=C/C(=O)O. The van der Waals surface area contributed by atoms with E-state index in [0.29, 0.717) is 17.7 Å². The summed E-state index contributed by atoms with van der Waals surface area (Å²) < 4.78 is 11.7. The van der Waals surface area contributed by atoms with Gasteiger partial charge in [0.25, 0.3) is 0 Å². The minimum Gasteiger partial charge on any atom is -0.488 e. The van der Waals surface area contributed by atoms with Crippen LogP contribution in [-0.2, 0) is 20.9 Å². The summed E-state index contributed by atoms with van der Waals surface area (Å²) in [4.78, 5) is 22.8. The van der Waals surface area contributed by atoms with Gasteiger partial charge >= 0.3 is 11.9 Å². The first kappa shape index (κ1) is 23.5. The highest BCUT2D eigenvalue weighted by molar-refractivity contribution is 5.85.